The van der Waals surface area contributed by atoms with E-state index in [9.17, 15) is 4.79 Å². The summed E-state index contributed by atoms with van der Waals surface area (Å²) in [7, 11) is 0. The number of nitrogens with one attached hydrogen (secondary N) is 1. The Morgan fingerprint density at radius 1 is 1.30 bits per heavy atom. The zero-order valence-electron chi connectivity index (χ0n) is 14.1. The summed E-state index contributed by atoms with van der Waals surface area (Å²) in [5.74, 6) is 2.07. The van der Waals surface area contributed by atoms with Crippen LogP contribution in [0.5, 0.6) is 5.75 Å². The molecule has 0 saturated heterocycles. The molecule has 124 valence electrons. The minimum atomic E-state index is -0.0122. The Morgan fingerprint density at radius 2 is 2.09 bits per heavy atom. The Balaban J connectivity index is 1.92. The molecule has 0 aliphatic heterocycles. The van der Waals surface area contributed by atoms with Crippen molar-refractivity contribution in [3.63, 3.8) is 0 Å². The predicted molar refractivity (Wildman–Crippen MR) is 91.6 cm³/mol. The van der Waals surface area contributed by atoms with E-state index in [1.807, 2.05) is 41.9 Å². The van der Waals surface area contributed by atoms with E-state index in [-0.39, 0.29) is 5.91 Å². The van der Waals surface area contributed by atoms with Crippen LogP contribution in [0.2, 0.25) is 0 Å². The van der Waals surface area contributed by atoms with Gasteiger partial charge in [-0.05, 0) is 30.9 Å². The zero-order valence-corrected chi connectivity index (χ0v) is 14.1. The fraction of sp³-hybridized carbons (Fsp3) is 0.444. The molecule has 0 unspecified atom stereocenters. The van der Waals surface area contributed by atoms with Gasteiger partial charge in [0, 0.05) is 19.0 Å². The maximum Gasteiger partial charge on any atom is 0.225 e. The second-order valence-electron chi connectivity index (χ2n) is 5.88. The van der Waals surface area contributed by atoms with Crippen molar-refractivity contribution >= 4 is 11.7 Å². The average molecular weight is 315 g/mol. The number of amides is 1. The number of hydrogen-bond acceptors (Lipinski definition) is 3. The number of hydrogen-bond donors (Lipinski definition) is 1. The highest BCUT2D eigenvalue weighted by Crippen LogP contribution is 2.20. The number of aromatic nitrogens is 2. The summed E-state index contributed by atoms with van der Waals surface area (Å²) < 4.78 is 7.42. The van der Waals surface area contributed by atoms with Crippen LogP contribution >= 0.6 is 0 Å². The molecule has 2 aromatic rings. The fourth-order valence-electron chi connectivity index (χ4n) is 2.39. The Labute approximate surface area is 137 Å². The van der Waals surface area contributed by atoms with Crippen LogP contribution in [0, 0.1) is 5.92 Å². The first-order chi connectivity index (χ1) is 11.1. The minimum absolute atomic E-state index is 0.0122. The molecule has 1 aromatic heterocycles. The zero-order chi connectivity index (χ0) is 16.7. The monoisotopic (exact) mass is 315 g/mol. The van der Waals surface area contributed by atoms with Crippen LogP contribution in [-0.2, 0) is 17.8 Å². The first-order valence-corrected chi connectivity index (χ1v) is 8.12. The minimum Gasteiger partial charge on any atom is -0.494 e. The van der Waals surface area contributed by atoms with Crippen LogP contribution in [0.4, 0.5) is 5.82 Å². The Morgan fingerprint density at radius 3 is 2.83 bits per heavy atom. The number of aryl methyl sites for hydroxylation is 1. The van der Waals surface area contributed by atoms with Crippen LogP contribution in [0.1, 0.15) is 32.8 Å². The highest BCUT2D eigenvalue weighted by molar-refractivity contribution is 5.90. The van der Waals surface area contributed by atoms with Gasteiger partial charge in [-0.15, -0.1) is 0 Å². The maximum absolute atomic E-state index is 12.2. The lowest BCUT2D eigenvalue weighted by Gasteiger charge is -2.12. The van der Waals surface area contributed by atoms with Crippen molar-refractivity contribution in [1.82, 2.24) is 9.78 Å². The summed E-state index contributed by atoms with van der Waals surface area (Å²) in [5.41, 5.74) is 1.06. The van der Waals surface area contributed by atoms with Crippen LogP contribution in [-0.4, -0.2) is 22.3 Å². The topological polar surface area (TPSA) is 56.1 Å². The summed E-state index contributed by atoms with van der Waals surface area (Å²) >= 11 is 0. The third-order valence-corrected chi connectivity index (χ3v) is 3.42. The Hall–Kier alpha value is -2.30. The molecule has 0 atom stereocenters. The Bertz CT molecular complexity index is 635. The van der Waals surface area contributed by atoms with Crippen molar-refractivity contribution in [3.05, 3.63) is 42.1 Å². The molecule has 0 saturated carbocycles. The SMILES string of the molecule is CCOc1ccccc1CCC(=O)Nc1ccnn1CC(C)C. The molecule has 1 amide bonds. The molecule has 2 rings (SSSR count). The van der Waals surface area contributed by atoms with Gasteiger partial charge in [-0.2, -0.15) is 5.10 Å². The number of carbonyl (C=O) groups is 1. The van der Waals surface area contributed by atoms with Crippen molar-refractivity contribution in [2.45, 2.75) is 40.2 Å². The molecular weight excluding hydrogens is 290 g/mol. The quantitative estimate of drug-likeness (QED) is 0.811. The normalized spacial score (nSPS) is 10.8. The molecule has 5 nitrogen and oxygen atoms in total. The highest BCUT2D eigenvalue weighted by atomic mass is 16.5. The molecule has 0 aliphatic rings. The largest absolute Gasteiger partial charge is 0.494 e. The Kier molecular flexibility index (Phi) is 6.20. The van der Waals surface area contributed by atoms with Gasteiger partial charge in [0.1, 0.15) is 11.6 Å². The third kappa shape index (κ3) is 5.13. The van der Waals surface area contributed by atoms with Crippen LogP contribution in [0.25, 0.3) is 0 Å². The van der Waals surface area contributed by atoms with Crippen molar-refractivity contribution in [2.75, 3.05) is 11.9 Å². The van der Waals surface area contributed by atoms with Gasteiger partial charge in [0.15, 0.2) is 0 Å². The third-order valence-electron chi connectivity index (χ3n) is 3.42. The lowest BCUT2D eigenvalue weighted by molar-refractivity contribution is -0.116. The van der Waals surface area contributed by atoms with E-state index in [1.165, 1.54) is 0 Å². The van der Waals surface area contributed by atoms with Gasteiger partial charge in [-0.25, -0.2) is 4.68 Å². The summed E-state index contributed by atoms with van der Waals surface area (Å²) in [4.78, 5) is 12.2. The van der Waals surface area contributed by atoms with E-state index in [2.05, 4.69) is 24.3 Å². The highest BCUT2D eigenvalue weighted by Gasteiger charge is 2.10. The van der Waals surface area contributed by atoms with Gasteiger partial charge >= 0.3 is 0 Å². The summed E-state index contributed by atoms with van der Waals surface area (Å²) in [6.45, 7) is 7.61. The lowest BCUT2D eigenvalue weighted by Crippen LogP contribution is -2.17. The smallest absolute Gasteiger partial charge is 0.225 e. The van der Waals surface area contributed by atoms with E-state index in [0.29, 0.717) is 25.4 Å². The van der Waals surface area contributed by atoms with E-state index in [1.54, 1.807) is 6.20 Å². The molecule has 5 heteroatoms. The van der Waals surface area contributed by atoms with E-state index >= 15 is 0 Å². The van der Waals surface area contributed by atoms with Crippen LogP contribution < -0.4 is 10.1 Å². The number of benzene rings is 1. The van der Waals surface area contributed by atoms with Gasteiger partial charge in [0.2, 0.25) is 5.91 Å². The molecule has 1 aromatic carbocycles. The number of nitrogens with zero attached hydrogens (tertiary/aromatic N) is 2. The molecular formula is C18H25N3O2. The molecule has 1 N–H and O–H groups in total. The van der Waals surface area contributed by atoms with Gasteiger partial charge in [-0.3, -0.25) is 4.79 Å². The standard InChI is InChI=1S/C18H25N3O2/c1-4-23-16-8-6-5-7-15(16)9-10-18(22)20-17-11-12-19-21(17)13-14(2)3/h5-8,11-12,14H,4,9-10,13H2,1-3H3,(H,20,22). The molecule has 0 spiro atoms. The second-order valence-corrected chi connectivity index (χ2v) is 5.88. The number of para-hydroxylation sites is 1. The molecule has 0 radical (unpaired) electrons. The predicted octanol–water partition coefficient (Wildman–Crippen LogP) is 3.51. The van der Waals surface area contributed by atoms with E-state index in [4.69, 9.17) is 4.74 Å². The number of rotatable bonds is 8. The molecule has 0 bridgehead atoms. The number of ether oxygens (including phenoxy) is 1. The van der Waals surface area contributed by atoms with Crippen molar-refractivity contribution in [1.29, 1.82) is 0 Å². The maximum atomic E-state index is 12.2. The number of anilines is 1. The molecule has 1 heterocycles. The molecule has 23 heavy (non-hydrogen) atoms. The summed E-state index contributed by atoms with van der Waals surface area (Å²) in [6, 6.07) is 9.68. The van der Waals surface area contributed by atoms with Crippen LogP contribution in [0.15, 0.2) is 36.5 Å². The van der Waals surface area contributed by atoms with Crippen LogP contribution in [0.3, 0.4) is 0 Å². The van der Waals surface area contributed by atoms with Crippen molar-refractivity contribution in [2.24, 2.45) is 5.92 Å². The van der Waals surface area contributed by atoms with E-state index < -0.39 is 0 Å². The average Bonchev–Trinajstić information content (AvgIpc) is 2.93. The fourth-order valence-corrected chi connectivity index (χ4v) is 2.39. The van der Waals surface area contributed by atoms with Gasteiger partial charge in [-0.1, -0.05) is 32.0 Å². The molecule has 0 aliphatic carbocycles. The van der Waals surface area contributed by atoms with Crippen molar-refractivity contribution < 1.29 is 9.53 Å². The van der Waals surface area contributed by atoms with Crippen molar-refractivity contribution in [3.8, 4) is 5.75 Å². The second kappa shape index (κ2) is 8.36. The lowest BCUT2D eigenvalue weighted by atomic mass is 10.1. The first-order valence-electron chi connectivity index (χ1n) is 8.12. The number of carbonyl (C=O) groups excluding carboxylic acids is 1. The molecule has 0 fully saturated rings. The first kappa shape index (κ1) is 17.1. The summed E-state index contributed by atoms with van der Waals surface area (Å²) in [5, 5.41) is 7.19. The summed E-state index contributed by atoms with van der Waals surface area (Å²) in [6.07, 6.45) is 2.78. The van der Waals surface area contributed by atoms with Gasteiger partial charge in [0.05, 0.1) is 12.8 Å². The van der Waals surface area contributed by atoms with Gasteiger partial charge in [0.25, 0.3) is 0 Å². The van der Waals surface area contributed by atoms with E-state index in [0.717, 1.165) is 23.7 Å². The van der Waals surface area contributed by atoms with Gasteiger partial charge < -0.3 is 10.1 Å².